The fourth-order valence-electron chi connectivity index (χ4n) is 4.89. The third kappa shape index (κ3) is 6.41. The number of benzene rings is 3. The van der Waals surface area contributed by atoms with E-state index in [2.05, 4.69) is 20.9 Å². The number of nitrogens with zero attached hydrogens (tertiary/aromatic N) is 4. The number of rotatable bonds is 9. The molecule has 0 saturated heterocycles. The number of hydrogen-bond acceptors (Lipinski definition) is 6. The van der Waals surface area contributed by atoms with Gasteiger partial charge in [0, 0.05) is 36.4 Å². The van der Waals surface area contributed by atoms with Crippen molar-refractivity contribution in [1.29, 1.82) is 0 Å². The van der Waals surface area contributed by atoms with Crippen LogP contribution < -0.4 is 16.0 Å². The molecule has 0 spiro atoms. The number of anilines is 3. The van der Waals surface area contributed by atoms with E-state index in [1.54, 1.807) is 13.2 Å². The monoisotopic (exact) mass is 567 g/mol. The highest BCUT2D eigenvalue weighted by molar-refractivity contribution is 5.93. The topological polar surface area (TPSA) is 113 Å². The van der Waals surface area contributed by atoms with Crippen molar-refractivity contribution in [2.75, 3.05) is 17.7 Å². The molecule has 0 radical (unpaired) electrons. The number of aromatic nitrogens is 4. The van der Waals surface area contributed by atoms with E-state index in [1.807, 2.05) is 114 Å². The van der Waals surface area contributed by atoms with E-state index in [-0.39, 0.29) is 24.7 Å². The maximum Gasteiger partial charge on any atom is 0.228 e. The standard InChI is InChI=1S/C34H29N7O2/c1-35-30(42)21-24-11-7-13-26(19-24)38-34-36-17-16-28(39-34)33-32(40-29-15-5-6-18-41(29)33)25-12-8-14-27(22-25)37-31(43)20-23-9-3-2-4-10-23/h2-19,22H,20-21H2,1H3,(H,35,42)(H,37,43)(H,36,38,39). The zero-order chi connectivity index (χ0) is 29.6. The molecule has 43 heavy (non-hydrogen) atoms. The number of carbonyl (C=O) groups is 2. The SMILES string of the molecule is CNC(=O)Cc1cccc(Nc2nccc(-c3c(-c4cccc(NC(=O)Cc5ccccc5)c4)nc4ccccn34)n2)c1. The fourth-order valence-corrected chi connectivity index (χ4v) is 4.89. The highest BCUT2D eigenvalue weighted by atomic mass is 16.2. The van der Waals surface area contributed by atoms with Crippen molar-refractivity contribution in [3.05, 3.63) is 127 Å². The van der Waals surface area contributed by atoms with Gasteiger partial charge in [-0.05, 0) is 53.6 Å². The van der Waals surface area contributed by atoms with Gasteiger partial charge in [0.05, 0.1) is 29.9 Å². The first kappa shape index (κ1) is 27.3. The van der Waals surface area contributed by atoms with E-state index < -0.39 is 0 Å². The predicted molar refractivity (Wildman–Crippen MR) is 168 cm³/mol. The molecule has 3 heterocycles. The Balaban J connectivity index is 1.31. The quantitative estimate of drug-likeness (QED) is 0.207. The molecule has 0 unspecified atom stereocenters. The predicted octanol–water partition coefficient (Wildman–Crippen LogP) is 5.67. The number of amides is 2. The second kappa shape index (κ2) is 12.4. The van der Waals surface area contributed by atoms with Gasteiger partial charge in [-0.15, -0.1) is 0 Å². The lowest BCUT2D eigenvalue weighted by Gasteiger charge is -2.10. The fraction of sp³-hybridized carbons (Fsp3) is 0.0882. The molecule has 0 bridgehead atoms. The van der Waals surface area contributed by atoms with Crippen molar-refractivity contribution in [3.63, 3.8) is 0 Å². The third-order valence-electron chi connectivity index (χ3n) is 6.88. The molecule has 9 heteroatoms. The van der Waals surface area contributed by atoms with Crippen molar-refractivity contribution in [2.45, 2.75) is 12.8 Å². The van der Waals surface area contributed by atoms with E-state index in [0.717, 1.165) is 39.4 Å². The van der Waals surface area contributed by atoms with Gasteiger partial charge in [0.25, 0.3) is 0 Å². The van der Waals surface area contributed by atoms with Gasteiger partial charge in [-0.1, -0.05) is 60.7 Å². The van der Waals surface area contributed by atoms with Crippen LogP contribution in [0.2, 0.25) is 0 Å². The maximum absolute atomic E-state index is 12.8. The molecule has 3 aromatic carbocycles. The first-order chi connectivity index (χ1) is 21.1. The summed E-state index contributed by atoms with van der Waals surface area (Å²) in [6.07, 6.45) is 4.22. The largest absolute Gasteiger partial charge is 0.359 e. The average Bonchev–Trinajstić information content (AvgIpc) is 3.42. The van der Waals surface area contributed by atoms with Crippen LogP contribution in [0.1, 0.15) is 11.1 Å². The summed E-state index contributed by atoms with van der Waals surface area (Å²) in [6, 6.07) is 32.6. The third-order valence-corrected chi connectivity index (χ3v) is 6.88. The van der Waals surface area contributed by atoms with Crippen LogP contribution in [0.25, 0.3) is 28.3 Å². The summed E-state index contributed by atoms with van der Waals surface area (Å²) < 4.78 is 1.99. The van der Waals surface area contributed by atoms with Gasteiger partial charge in [0.1, 0.15) is 5.65 Å². The van der Waals surface area contributed by atoms with Crippen LogP contribution in [0, 0.1) is 0 Å². The molecule has 9 nitrogen and oxygen atoms in total. The Morgan fingerprint density at radius 1 is 0.744 bits per heavy atom. The Morgan fingerprint density at radius 2 is 1.51 bits per heavy atom. The molecule has 0 aliphatic heterocycles. The van der Waals surface area contributed by atoms with Gasteiger partial charge >= 0.3 is 0 Å². The molecular weight excluding hydrogens is 538 g/mol. The molecule has 6 aromatic rings. The minimum Gasteiger partial charge on any atom is -0.359 e. The molecule has 6 rings (SSSR count). The van der Waals surface area contributed by atoms with E-state index in [0.29, 0.717) is 17.3 Å². The van der Waals surface area contributed by atoms with Crippen LogP contribution in [0.5, 0.6) is 0 Å². The number of hydrogen-bond donors (Lipinski definition) is 3. The van der Waals surface area contributed by atoms with Crippen molar-refractivity contribution in [3.8, 4) is 22.6 Å². The zero-order valence-corrected chi connectivity index (χ0v) is 23.5. The van der Waals surface area contributed by atoms with E-state index in [1.165, 1.54) is 0 Å². The Hall–Kier alpha value is -5.83. The Kier molecular flexibility index (Phi) is 7.86. The van der Waals surface area contributed by atoms with Gasteiger partial charge in [0.2, 0.25) is 17.8 Å². The Morgan fingerprint density at radius 3 is 2.37 bits per heavy atom. The van der Waals surface area contributed by atoms with Crippen LogP contribution >= 0.6 is 0 Å². The Labute approximate surface area is 248 Å². The minimum absolute atomic E-state index is 0.0598. The average molecular weight is 568 g/mol. The molecule has 3 aromatic heterocycles. The summed E-state index contributed by atoms with van der Waals surface area (Å²) in [5, 5.41) is 8.93. The molecular formula is C34H29N7O2. The van der Waals surface area contributed by atoms with E-state index in [4.69, 9.17) is 9.97 Å². The number of pyridine rings is 1. The van der Waals surface area contributed by atoms with Crippen LogP contribution in [0.4, 0.5) is 17.3 Å². The Bertz CT molecular complexity index is 1920. The number of likely N-dealkylation sites (N-methyl/N-ethyl adjacent to an activating group) is 1. The van der Waals surface area contributed by atoms with Gasteiger partial charge in [-0.2, -0.15) is 0 Å². The number of fused-ring (bicyclic) bond motifs is 1. The van der Waals surface area contributed by atoms with Gasteiger partial charge in [-0.25, -0.2) is 15.0 Å². The molecule has 0 aliphatic carbocycles. The van der Waals surface area contributed by atoms with Crippen LogP contribution in [-0.2, 0) is 22.4 Å². The van der Waals surface area contributed by atoms with Gasteiger partial charge in [0.15, 0.2) is 0 Å². The van der Waals surface area contributed by atoms with Crippen LogP contribution in [0.15, 0.2) is 116 Å². The van der Waals surface area contributed by atoms with Gasteiger partial charge < -0.3 is 16.0 Å². The lowest BCUT2D eigenvalue weighted by Crippen LogP contribution is -2.19. The summed E-state index contributed by atoms with van der Waals surface area (Å²) in [7, 11) is 1.62. The smallest absolute Gasteiger partial charge is 0.228 e. The molecule has 0 atom stereocenters. The summed E-state index contributed by atoms with van der Waals surface area (Å²) in [5.74, 6) is 0.258. The second-order valence-electron chi connectivity index (χ2n) is 9.97. The first-order valence-corrected chi connectivity index (χ1v) is 13.9. The summed E-state index contributed by atoms with van der Waals surface area (Å²) in [5.41, 5.74) is 7.08. The highest BCUT2D eigenvalue weighted by Crippen LogP contribution is 2.33. The molecule has 0 fully saturated rings. The van der Waals surface area contributed by atoms with Crippen molar-refractivity contribution >= 4 is 34.8 Å². The van der Waals surface area contributed by atoms with Crippen LogP contribution in [0.3, 0.4) is 0 Å². The van der Waals surface area contributed by atoms with E-state index >= 15 is 0 Å². The van der Waals surface area contributed by atoms with Crippen molar-refractivity contribution < 1.29 is 9.59 Å². The lowest BCUT2D eigenvalue weighted by molar-refractivity contribution is -0.120. The van der Waals surface area contributed by atoms with Crippen molar-refractivity contribution in [2.24, 2.45) is 0 Å². The molecule has 0 saturated carbocycles. The van der Waals surface area contributed by atoms with E-state index in [9.17, 15) is 9.59 Å². The molecule has 0 aliphatic rings. The zero-order valence-electron chi connectivity index (χ0n) is 23.5. The lowest BCUT2D eigenvalue weighted by atomic mass is 10.1. The normalized spacial score (nSPS) is 10.8. The number of nitrogens with one attached hydrogen (secondary N) is 3. The summed E-state index contributed by atoms with van der Waals surface area (Å²) in [6.45, 7) is 0. The van der Waals surface area contributed by atoms with Gasteiger partial charge in [-0.3, -0.25) is 14.0 Å². The molecule has 212 valence electrons. The second-order valence-corrected chi connectivity index (χ2v) is 9.97. The molecule has 2 amide bonds. The maximum atomic E-state index is 12.8. The number of carbonyl (C=O) groups excluding carboxylic acids is 2. The summed E-state index contributed by atoms with van der Waals surface area (Å²) in [4.78, 5) is 38.8. The molecule has 3 N–H and O–H groups in total. The summed E-state index contributed by atoms with van der Waals surface area (Å²) >= 11 is 0. The highest BCUT2D eigenvalue weighted by Gasteiger charge is 2.18. The number of imidazole rings is 1. The van der Waals surface area contributed by atoms with Crippen molar-refractivity contribution in [1.82, 2.24) is 24.7 Å². The minimum atomic E-state index is -0.0931. The van der Waals surface area contributed by atoms with Crippen LogP contribution in [-0.4, -0.2) is 38.2 Å². The first-order valence-electron chi connectivity index (χ1n) is 13.9.